The third kappa shape index (κ3) is 3.81. The van der Waals surface area contributed by atoms with Crippen molar-refractivity contribution in [2.75, 3.05) is 0 Å². The summed E-state index contributed by atoms with van der Waals surface area (Å²) < 4.78 is 55.3. The van der Waals surface area contributed by atoms with E-state index < -0.39 is 29.3 Å². The number of nitrogens with zero attached hydrogens (tertiary/aromatic N) is 4. The molecule has 29 heavy (non-hydrogen) atoms. The van der Waals surface area contributed by atoms with Gasteiger partial charge in [0.1, 0.15) is 10.8 Å². The van der Waals surface area contributed by atoms with Crippen molar-refractivity contribution >= 4 is 27.5 Å². The van der Waals surface area contributed by atoms with Crippen molar-refractivity contribution in [1.82, 2.24) is 25.3 Å². The number of hydrogen-bond acceptors (Lipinski definition) is 5. The zero-order chi connectivity index (χ0) is 20.6. The molecule has 0 aliphatic carbocycles. The number of halogens is 4. The van der Waals surface area contributed by atoms with E-state index in [2.05, 4.69) is 20.6 Å². The van der Waals surface area contributed by atoms with Gasteiger partial charge in [0.25, 0.3) is 5.91 Å². The van der Waals surface area contributed by atoms with Gasteiger partial charge >= 0.3 is 6.18 Å². The zero-order valence-corrected chi connectivity index (χ0v) is 15.3. The largest absolute Gasteiger partial charge is 0.435 e. The first kappa shape index (κ1) is 19.0. The molecule has 6 nitrogen and oxygen atoms in total. The molecule has 11 heteroatoms. The topological polar surface area (TPSA) is 72.7 Å². The van der Waals surface area contributed by atoms with Gasteiger partial charge in [0.15, 0.2) is 11.4 Å². The molecule has 4 rings (SSSR count). The maximum absolute atomic E-state index is 13.6. The molecule has 0 bridgehead atoms. The molecule has 0 fully saturated rings. The number of nitrogens with one attached hydrogen (secondary N) is 1. The smallest absolute Gasteiger partial charge is 0.344 e. The SMILES string of the molecule is O=C(NCc1nc2ccccc2s1)c1nnn(-c2ccc(F)cc2)c1C(F)(F)F. The Hall–Kier alpha value is -3.34. The Labute approximate surface area is 164 Å². The molecule has 2 aromatic heterocycles. The van der Waals surface area contributed by atoms with Gasteiger partial charge in [-0.3, -0.25) is 4.79 Å². The van der Waals surface area contributed by atoms with Crippen LogP contribution in [-0.4, -0.2) is 25.9 Å². The molecule has 0 aliphatic rings. The van der Waals surface area contributed by atoms with Crippen molar-refractivity contribution in [3.8, 4) is 5.69 Å². The van der Waals surface area contributed by atoms with Gasteiger partial charge in [0, 0.05) is 0 Å². The van der Waals surface area contributed by atoms with Gasteiger partial charge < -0.3 is 5.32 Å². The van der Waals surface area contributed by atoms with Crippen molar-refractivity contribution in [2.24, 2.45) is 0 Å². The third-order valence-corrected chi connectivity index (χ3v) is 5.00. The van der Waals surface area contributed by atoms with Crippen LogP contribution < -0.4 is 5.32 Å². The molecule has 0 unspecified atom stereocenters. The lowest BCUT2D eigenvalue weighted by Crippen LogP contribution is -2.27. The number of carbonyl (C=O) groups is 1. The fourth-order valence-electron chi connectivity index (χ4n) is 2.69. The summed E-state index contributed by atoms with van der Waals surface area (Å²) in [5, 5.41) is 9.79. The lowest BCUT2D eigenvalue weighted by atomic mass is 10.2. The average molecular weight is 421 g/mol. The fourth-order valence-corrected chi connectivity index (χ4v) is 3.59. The molecule has 0 saturated heterocycles. The third-order valence-electron chi connectivity index (χ3n) is 3.96. The lowest BCUT2D eigenvalue weighted by Gasteiger charge is -2.11. The molecule has 148 valence electrons. The van der Waals surface area contributed by atoms with E-state index in [4.69, 9.17) is 0 Å². The van der Waals surface area contributed by atoms with E-state index in [0.717, 1.165) is 34.5 Å². The monoisotopic (exact) mass is 421 g/mol. The number of aromatic nitrogens is 4. The van der Waals surface area contributed by atoms with E-state index in [1.54, 1.807) is 6.07 Å². The minimum absolute atomic E-state index is 0.0567. The number of thiazole rings is 1. The molecule has 0 saturated carbocycles. The van der Waals surface area contributed by atoms with Crippen molar-refractivity contribution < 1.29 is 22.4 Å². The van der Waals surface area contributed by atoms with Gasteiger partial charge in [0.2, 0.25) is 0 Å². The second-order valence-corrected chi connectivity index (χ2v) is 7.05. The van der Waals surface area contributed by atoms with Gasteiger partial charge in [-0.15, -0.1) is 16.4 Å². The molecular formula is C18H11F4N5OS. The van der Waals surface area contributed by atoms with E-state index >= 15 is 0 Å². The van der Waals surface area contributed by atoms with Crippen LogP contribution in [0.5, 0.6) is 0 Å². The normalized spacial score (nSPS) is 11.7. The van der Waals surface area contributed by atoms with E-state index in [0.29, 0.717) is 9.69 Å². The van der Waals surface area contributed by atoms with Crippen molar-refractivity contribution in [2.45, 2.75) is 12.7 Å². The van der Waals surface area contributed by atoms with E-state index in [1.165, 1.54) is 11.3 Å². The van der Waals surface area contributed by atoms with Crippen LogP contribution in [0.2, 0.25) is 0 Å². The number of amides is 1. The Morgan fingerprint density at radius 3 is 2.52 bits per heavy atom. The Kier molecular flexibility index (Phi) is 4.74. The van der Waals surface area contributed by atoms with Crippen molar-refractivity contribution in [3.05, 3.63) is 70.7 Å². The second-order valence-electron chi connectivity index (χ2n) is 5.93. The summed E-state index contributed by atoms with van der Waals surface area (Å²) in [6.07, 6.45) is -4.90. The number of benzene rings is 2. The second kappa shape index (κ2) is 7.24. The summed E-state index contributed by atoms with van der Waals surface area (Å²) >= 11 is 1.32. The number of para-hydroxylation sites is 1. The van der Waals surface area contributed by atoms with Crippen LogP contribution in [0.3, 0.4) is 0 Å². The van der Waals surface area contributed by atoms with Gasteiger partial charge in [-0.2, -0.15) is 13.2 Å². The molecule has 0 atom stereocenters. The highest BCUT2D eigenvalue weighted by molar-refractivity contribution is 7.18. The van der Waals surface area contributed by atoms with Crippen LogP contribution >= 0.6 is 11.3 Å². The summed E-state index contributed by atoms with van der Waals surface area (Å²) in [5.74, 6) is -1.65. The van der Waals surface area contributed by atoms with E-state index in [-0.39, 0.29) is 12.2 Å². The van der Waals surface area contributed by atoms with E-state index in [1.807, 2.05) is 18.2 Å². The number of hydrogen-bond donors (Lipinski definition) is 1. The molecule has 0 radical (unpaired) electrons. The highest BCUT2D eigenvalue weighted by Gasteiger charge is 2.42. The Morgan fingerprint density at radius 2 is 1.83 bits per heavy atom. The Morgan fingerprint density at radius 1 is 1.10 bits per heavy atom. The molecule has 0 spiro atoms. The van der Waals surface area contributed by atoms with Crippen molar-refractivity contribution in [1.29, 1.82) is 0 Å². The van der Waals surface area contributed by atoms with Gasteiger partial charge in [-0.05, 0) is 36.4 Å². The molecule has 1 amide bonds. The van der Waals surface area contributed by atoms with Crippen LogP contribution in [0.4, 0.5) is 17.6 Å². The van der Waals surface area contributed by atoms with Crippen LogP contribution in [0.15, 0.2) is 48.5 Å². The predicted octanol–water partition coefficient (Wildman–Crippen LogP) is 3.96. The highest BCUT2D eigenvalue weighted by atomic mass is 32.1. The predicted molar refractivity (Wildman–Crippen MR) is 97.1 cm³/mol. The Balaban J connectivity index is 1.61. The van der Waals surface area contributed by atoms with Gasteiger partial charge in [0.05, 0.1) is 22.4 Å². The molecule has 2 aromatic carbocycles. The number of fused-ring (bicyclic) bond motifs is 1. The van der Waals surface area contributed by atoms with Crippen LogP contribution in [-0.2, 0) is 12.7 Å². The number of rotatable bonds is 4. The molecule has 1 N–H and O–H groups in total. The average Bonchev–Trinajstić information content (AvgIpc) is 3.30. The Bertz CT molecular complexity index is 1150. The van der Waals surface area contributed by atoms with E-state index in [9.17, 15) is 22.4 Å². The summed E-state index contributed by atoms with van der Waals surface area (Å²) in [5.41, 5.74) is -1.55. The summed E-state index contributed by atoms with van der Waals surface area (Å²) in [6.45, 7) is -0.0567. The number of alkyl halides is 3. The standard InChI is InChI=1S/C18H11F4N5OS/c19-10-5-7-11(8-6-10)27-16(18(20,21)22)15(25-26-27)17(28)23-9-14-24-12-3-1-2-4-13(12)29-14/h1-8H,9H2,(H,23,28). The van der Waals surface area contributed by atoms with Gasteiger partial charge in [-0.25, -0.2) is 14.1 Å². The first-order chi connectivity index (χ1) is 13.8. The molecule has 0 aliphatic heterocycles. The summed E-state index contributed by atoms with van der Waals surface area (Å²) in [4.78, 5) is 16.7. The minimum Gasteiger partial charge on any atom is -0.344 e. The zero-order valence-electron chi connectivity index (χ0n) is 14.4. The van der Waals surface area contributed by atoms with Crippen molar-refractivity contribution in [3.63, 3.8) is 0 Å². The van der Waals surface area contributed by atoms with Gasteiger partial charge in [-0.1, -0.05) is 17.3 Å². The molecule has 2 heterocycles. The first-order valence-electron chi connectivity index (χ1n) is 8.24. The molecular weight excluding hydrogens is 410 g/mol. The maximum atomic E-state index is 13.6. The summed E-state index contributed by atoms with van der Waals surface area (Å²) in [7, 11) is 0. The van der Waals surface area contributed by atoms with Crippen LogP contribution in [0.1, 0.15) is 21.2 Å². The minimum atomic E-state index is -4.90. The van der Waals surface area contributed by atoms with Crippen LogP contribution in [0, 0.1) is 5.82 Å². The highest BCUT2D eigenvalue weighted by Crippen LogP contribution is 2.32. The lowest BCUT2D eigenvalue weighted by molar-refractivity contribution is -0.143. The molecule has 4 aromatic rings. The number of carbonyl (C=O) groups excluding carboxylic acids is 1. The summed E-state index contributed by atoms with van der Waals surface area (Å²) in [6, 6.07) is 11.5. The first-order valence-corrected chi connectivity index (χ1v) is 9.06. The maximum Gasteiger partial charge on any atom is 0.435 e. The quantitative estimate of drug-likeness (QED) is 0.506. The van der Waals surface area contributed by atoms with Crippen LogP contribution in [0.25, 0.3) is 15.9 Å². The fraction of sp³-hybridized carbons (Fsp3) is 0.111.